The van der Waals surface area contributed by atoms with E-state index in [1.807, 2.05) is 0 Å². The van der Waals surface area contributed by atoms with E-state index in [1.54, 1.807) is 0 Å². The quantitative estimate of drug-likeness (QED) is 0.0487. The molecule has 338 valence electrons. The molecule has 0 aliphatic heterocycles. The van der Waals surface area contributed by atoms with E-state index in [0.29, 0.717) is 26.4 Å². The summed E-state index contributed by atoms with van der Waals surface area (Å²) in [5.74, 6) is 0. The molecule has 0 aliphatic rings. The molecule has 4 unspecified atom stereocenters. The second-order valence-electron chi connectivity index (χ2n) is 22.2. The maximum atomic E-state index is 10.9. The van der Waals surface area contributed by atoms with Gasteiger partial charge in [-0.2, -0.15) is 0 Å². The molecule has 2 N–H and O–H groups in total. The predicted octanol–water partition coefficient (Wildman–Crippen LogP) is 10.3. The first-order valence-corrected chi connectivity index (χ1v) is 47.7. The SMILES string of the molecule is C[Si](C)(C)O[Si](C)(C)CCCOC(CO)C(OCCC[Si](C)(C)O[Si](C)(C)C)C(OCCC[Si](C)(C)O[Si](C)(C)C)C(CO)OCCC[Si](C)(C)O[Si](C)(C)C. The Hall–Kier alpha value is 1.34. The molecule has 0 rings (SSSR count). The summed E-state index contributed by atoms with van der Waals surface area (Å²) in [6.45, 7) is 46.7. The van der Waals surface area contributed by atoms with Crippen molar-refractivity contribution in [2.75, 3.05) is 39.6 Å². The summed E-state index contributed by atoms with van der Waals surface area (Å²) in [7, 11) is -14.1. The first kappa shape index (κ1) is 57.3. The fourth-order valence-corrected chi connectivity index (χ4v) is 39.9. The van der Waals surface area contributed by atoms with Crippen molar-refractivity contribution in [3.05, 3.63) is 0 Å². The molecular weight excluding hydrogens is 841 g/mol. The molecular formula is C38H94O10Si8. The molecule has 18 heteroatoms. The van der Waals surface area contributed by atoms with Crippen molar-refractivity contribution in [1.82, 2.24) is 0 Å². The number of hydrogen-bond donors (Lipinski definition) is 2. The molecule has 0 aromatic carbocycles. The summed E-state index contributed by atoms with van der Waals surface area (Å²) in [6.07, 6.45) is 0.732. The van der Waals surface area contributed by atoms with Crippen LogP contribution in [0, 0.1) is 0 Å². The fraction of sp³-hybridized carbons (Fsp3) is 1.00. The van der Waals surface area contributed by atoms with Gasteiger partial charge in [-0.3, -0.25) is 0 Å². The lowest BCUT2D eigenvalue weighted by Crippen LogP contribution is -2.52. The van der Waals surface area contributed by atoms with E-state index in [4.69, 9.17) is 35.4 Å². The van der Waals surface area contributed by atoms with Gasteiger partial charge in [0, 0.05) is 26.4 Å². The van der Waals surface area contributed by atoms with Gasteiger partial charge in [0.05, 0.1) is 13.2 Å². The third-order valence-corrected chi connectivity index (χ3v) is 33.6. The second kappa shape index (κ2) is 24.8. The van der Waals surface area contributed by atoms with Crippen molar-refractivity contribution < 1.29 is 45.6 Å². The van der Waals surface area contributed by atoms with Crippen molar-refractivity contribution in [3.8, 4) is 0 Å². The Kier molecular flexibility index (Phi) is 25.4. The summed E-state index contributed by atoms with van der Waals surface area (Å²) >= 11 is 0. The molecule has 0 amide bonds. The molecule has 0 fully saturated rings. The average Bonchev–Trinajstić information content (AvgIpc) is 2.93. The van der Waals surface area contributed by atoms with E-state index in [2.05, 4.69) is 131 Å². The van der Waals surface area contributed by atoms with E-state index in [9.17, 15) is 10.2 Å². The number of aliphatic hydroxyl groups excluding tert-OH is 2. The zero-order chi connectivity index (χ0) is 43.9. The third-order valence-electron chi connectivity index (χ3n) is 8.72. The number of aliphatic hydroxyl groups is 2. The van der Waals surface area contributed by atoms with Gasteiger partial charge in [0.15, 0.2) is 66.5 Å². The van der Waals surface area contributed by atoms with Crippen LogP contribution in [0.5, 0.6) is 0 Å². The highest BCUT2D eigenvalue weighted by atomic mass is 28.4. The van der Waals surface area contributed by atoms with Crippen LogP contribution in [0.1, 0.15) is 25.7 Å². The molecule has 0 bridgehead atoms. The Bertz CT molecular complexity index is 975. The van der Waals surface area contributed by atoms with Gasteiger partial charge < -0.3 is 45.6 Å². The van der Waals surface area contributed by atoms with E-state index in [-0.39, 0.29) is 13.2 Å². The summed E-state index contributed by atoms with van der Waals surface area (Å²) in [5.41, 5.74) is 0. The highest BCUT2D eigenvalue weighted by molar-refractivity contribution is 6.86. The Morgan fingerprint density at radius 3 is 0.696 bits per heavy atom. The molecule has 4 atom stereocenters. The normalized spacial score (nSPS) is 16.6. The Morgan fingerprint density at radius 2 is 0.518 bits per heavy atom. The molecule has 56 heavy (non-hydrogen) atoms. The van der Waals surface area contributed by atoms with Crippen LogP contribution in [-0.2, 0) is 35.4 Å². The molecule has 0 heterocycles. The van der Waals surface area contributed by atoms with Crippen LogP contribution < -0.4 is 0 Å². The standard InChI is InChI=1S/C38H94O10Si8/c1-49(2,3)45-53(13,14)29-21-25-41-35(33-39)37(43-27-23-31-55(17,18)47-51(7,8)9)38(44-28-24-32-56(19,20)48-52(10,11)12)36(34-40)42-26-22-30-54(15,16)46-50(4,5)6/h35-40H,21-34H2,1-20H3. The maximum Gasteiger partial charge on any atom is 0.173 e. The van der Waals surface area contributed by atoms with Crippen molar-refractivity contribution in [3.63, 3.8) is 0 Å². The number of ether oxygens (including phenoxy) is 4. The van der Waals surface area contributed by atoms with Gasteiger partial charge >= 0.3 is 0 Å². The number of hydrogen-bond acceptors (Lipinski definition) is 10. The van der Waals surface area contributed by atoms with Crippen molar-refractivity contribution in [1.29, 1.82) is 0 Å². The molecule has 0 radical (unpaired) electrons. The minimum Gasteiger partial charge on any atom is -0.456 e. The van der Waals surface area contributed by atoms with Crippen LogP contribution in [0.3, 0.4) is 0 Å². The van der Waals surface area contributed by atoms with Crippen LogP contribution in [0.25, 0.3) is 0 Å². The van der Waals surface area contributed by atoms with Crippen molar-refractivity contribution in [2.24, 2.45) is 0 Å². The lowest BCUT2D eigenvalue weighted by Gasteiger charge is -2.37. The molecule has 10 nitrogen and oxygen atoms in total. The van der Waals surface area contributed by atoms with Gasteiger partial charge in [-0.25, -0.2) is 0 Å². The molecule has 0 spiro atoms. The van der Waals surface area contributed by atoms with E-state index >= 15 is 0 Å². The second-order valence-corrected chi connectivity index (χ2v) is 58.4. The lowest BCUT2D eigenvalue weighted by molar-refractivity contribution is -0.191. The van der Waals surface area contributed by atoms with Gasteiger partial charge in [0.1, 0.15) is 24.4 Å². The van der Waals surface area contributed by atoms with Crippen LogP contribution in [0.15, 0.2) is 0 Å². The predicted molar refractivity (Wildman–Crippen MR) is 258 cm³/mol. The summed E-state index contributed by atoms with van der Waals surface area (Å²) in [6, 6.07) is 3.88. The largest absolute Gasteiger partial charge is 0.456 e. The van der Waals surface area contributed by atoms with Gasteiger partial charge in [-0.15, -0.1) is 0 Å². The first-order valence-electron chi connectivity index (χ1n) is 21.6. The van der Waals surface area contributed by atoms with Crippen LogP contribution in [-0.4, -0.2) is 141 Å². The molecule has 0 saturated carbocycles. The summed E-state index contributed by atoms with van der Waals surface area (Å²) in [4.78, 5) is 0. The fourth-order valence-electron chi connectivity index (χ4n) is 7.75. The first-order chi connectivity index (χ1) is 25.1. The van der Waals surface area contributed by atoms with Crippen molar-refractivity contribution in [2.45, 2.75) is 205 Å². The molecule has 0 saturated heterocycles. The summed E-state index contributed by atoms with van der Waals surface area (Å²) < 4.78 is 52.9. The molecule has 0 aromatic heterocycles. The van der Waals surface area contributed by atoms with Gasteiger partial charge in [-0.05, 0) is 181 Å². The minimum atomic E-state index is -1.89. The Labute approximate surface area is 355 Å². The number of rotatable bonds is 33. The van der Waals surface area contributed by atoms with E-state index in [1.165, 1.54) is 0 Å². The zero-order valence-corrected chi connectivity index (χ0v) is 48.4. The Balaban J connectivity index is 6.38. The monoisotopic (exact) mass is 935 g/mol. The smallest absolute Gasteiger partial charge is 0.173 e. The minimum absolute atomic E-state index is 0.230. The van der Waals surface area contributed by atoms with E-state index in [0.717, 1.165) is 49.9 Å². The van der Waals surface area contributed by atoms with Gasteiger partial charge in [0.25, 0.3) is 0 Å². The van der Waals surface area contributed by atoms with Crippen molar-refractivity contribution >= 4 is 66.5 Å². The van der Waals surface area contributed by atoms with E-state index < -0.39 is 91.0 Å². The van der Waals surface area contributed by atoms with Crippen LogP contribution in [0.2, 0.25) is 155 Å². The highest BCUT2D eigenvalue weighted by Crippen LogP contribution is 2.26. The lowest BCUT2D eigenvalue weighted by atomic mass is 10.0. The zero-order valence-electron chi connectivity index (χ0n) is 40.4. The Morgan fingerprint density at radius 1 is 0.321 bits per heavy atom. The summed E-state index contributed by atoms with van der Waals surface area (Å²) in [5, 5.41) is 21.8. The average molecular weight is 936 g/mol. The third kappa shape index (κ3) is 30.4. The highest BCUT2D eigenvalue weighted by Gasteiger charge is 2.39. The molecule has 0 aromatic rings. The van der Waals surface area contributed by atoms with Crippen LogP contribution in [0.4, 0.5) is 0 Å². The molecule has 0 aliphatic carbocycles. The maximum absolute atomic E-state index is 10.9. The van der Waals surface area contributed by atoms with Gasteiger partial charge in [0.2, 0.25) is 0 Å². The van der Waals surface area contributed by atoms with Gasteiger partial charge in [-0.1, -0.05) is 0 Å². The van der Waals surface area contributed by atoms with Crippen LogP contribution >= 0.6 is 0 Å². The topological polar surface area (TPSA) is 114 Å².